The molecule has 3 aromatic rings. The van der Waals surface area contributed by atoms with Gasteiger partial charge in [-0.25, -0.2) is 4.98 Å². The van der Waals surface area contributed by atoms with Crippen LogP contribution in [-0.2, 0) is 12.8 Å². The van der Waals surface area contributed by atoms with Crippen molar-refractivity contribution in [3.05, 3.63) is 57.5 Å². The summed E-state index contributed by atoms with van der Waals surface area (Å²) in [5.41, 5.74) is 3.54. The second-order valence-corrected chi connectivity index (χ2v) is 7.21. The molecule has 2 aromatic heterocycles. The molecule has 1 aromatic carbocycles. The van der Waals surface area contributed by atoms with Gasteiger partial charge in [0.15, 0.2) is 0 Å². The largest absolute Gasteiger partial charge is 0.343 e. The lowest BCUT2D eigenvalue weighted by molar-refractivity contribution is 0.654. The first-order chi connectivity index (χ1) is 11.7. The second kappa shape index (κ2) is 6.02. The zero-order chi connectivity index (χ0) is 16.7. The lowest BCUT2D eigenvalue weighted by Crippen LogP contribution is -2.23. The van der Waals surface area contributed by atoms with E-state index in [9.17, 15) is 4.79 Å². The third kappa shape index (κ3) is 2.51. The van der Waals surface area contributed by atoms with E-state index in [-0.39, 0.29) is 5.56 Å². The van der Waals surface area contributed by atoms with Crippen molar-refractivity contribution in [3.63, 3.8) is 0 Å². The zero-order valence-electron chi connectivity index (χ0n) is 13.9. The smallest absolute Gasteiger partial charge is 0.275 e. The average molecular weight is 340 g/mol. The molecule has 0 amide bonds. The lowest BCUT2D eigenvalue weighted by atomic mass is 10.1. The monoisotopic (exact) mass is 340 g/mol. The number of anilines is 1. The Hall–Kier alpha value is -2.21. The molecule has 4 rings (SSSR count). The molecule has 0 radical (unpaired) electrons. The molecule has 0 fully saturated rings. The predicted octanol–water partition coefficient (Wildman–Crippen LogP) is 3.23. The lowest BCUT2D eigenvalue weighted by Gasteiger charge is -2.24. The van der Waals surface area contributed by atoms with Gasteiger partial charge < -0.3 is 4.90 Å². The summed E-state index contributed by atoms with van der Waals surface area (Å²) in [5, 5.41) is 5.36. The van der Waals surface area contributed by atoms with E-state index in [1.807, 2.05) is 0 Å². The van der Waals surface area contributed by atoms with Crippen molar-refractivity contribution in [2.45, 2.75) is 38.6 Å². The van der Waals surface area contributed by atoms with E-state index in [2.05, 4.69) is 53.2 Å². The van der Waals surface area contributed by atoms with Crippen molar-refractivity contribution in [1.29, 1.82) is 0 Å². The first-order valence-corrected chi connectivity index (χ1v) is 9.19. The Balaban J connectivity index is 1.72. The molecule has 124 valence electrons. The van der Waals surface area contributed by atoms with Crippen molar-refractivity contribution in [1.82, 2.24) is 14.6 Å². The highest BCUT2D eigenvalue weighted by Crippen LogP contribution is 2.38. The Morgan fingerprint density at radius 2 is 2.21 bits per heavy atom. The van der Waals surface area contributed by atoms with E-state index in [0.29, 0.717) is 11.0 Å². The van der Waals surface area contributed by atoms with E-state index in [1.54, 1.807) is 6.07 Å². The quantitative estimate of drug-likeness (QED) is 0.732. The van der Waals surface area contributed by atoms with Gasteiger partial charge >= 0.3 is 0 Å². The van der Waals surface area contributed by atoms with Crippen molar-refractivity contribution < 1.29 is 0 Å². The highest BCUT2D eigenvalue weighted by molar-refractivity contribution is 7.20. The van der Waals surface area contributed by atoms with Crippen LogP contribution in [0.1, 0.15) is 42.6 Å². The number of fused-ring (bicyclic) bond motifs is 2. The Bertz CT molecular complexity index is 946. The van der Waals surface area contributed by atoms with Crippen LogP contribution in [0.4, 0.5) is 5.13 Å². The first-order valence-electron chi connectivity index (χ1n) is 8.38. The van der Waals surface area contributed by atoms with Crippen LogP contribution in [-0.4, -0.2) is 21.6 Å². The fraction of sp³-hybridized carbons (Fsp3) is 0.389. The van der Waals surface area contributed by atoms with Crippen LogP contribution in [0.3, 0.4) is 0 Å². The van der Waals surface area contributed by atoms with Crippen LogP contribution >= 0.6 is 11.3 Å². The van der Waals surface area contributed by atoms with Gasteiger partial charge in [-0.1, -0.05) is 48.9 Å². The third-order valence-electron chi connectivity index (χ3n) is 4.66. The minimum Gasteiger partial charge on any atom is -0.343 e. The summed E-state index contributed by atoms with van der Waals surface area (Å²) >= 11 is 1.49. The predicted molar refractivity (Wildman–Crippen MR) is 97.0 cm³/mol. The number of aromatic nitrogens is 3. The molecule has 0 saturated heterocycles. The maximum absolute atomic E-state index is 12.3. The molecular weight excluding hydrogens is 320 g/mol. The van der Waals surface area contributed by atoms with Gasteiger partial charge in [-0.15, -0.1) is 5.10 Å². The summed E-state index contributed by atoms with van der Waals surface area (Å²) in [4.78, 5) is 19.7. The van der Waals surface area contributed by atoms with Gasteiger partial charge in [0.05, 0.1) is 6.04 Å². The maximum Gasteiger partial charge on any atom is 0.275 e. The van der Waals surface area contributed by atoms with Crippen molar-refractivity contribution >= 4 is 21.4 Å². The number of aryl methyl sites for hydroxylation is 2. The highest BCUT2D eigenvalue weighted by atomic mass is 32.1. The van der Waals surface area contributed by atoms with Crippen LogP contribution in [0, 0.1) is 0 Å². The van der Waals surface area contributed by atoms with E-state index in [0.717, 1.165) is 36.5 Å². The molecule has 1 aliphatic rings. The van der Waals surface area contributed by atoms with Crippen molar-refractivity contribution in [2.24, 2.45) is 0 Å². The summed E-state index contributed by atoms with van der Waals surface area (Å²) < 4.78 is 1.43. The zero-order valence-corrected chi connectivity index (χ0v) is 14.7. The van der Waals surface area contributed by atoms with Gasteiger partial charge in [-0.05, 0) is 30.4 Å². The van der Waals surface area contributed by atoms with Crippen LogP contribution in [0.25, 0.3) is 4.96 Å². The average Bonchev–Trinajstić information content (AvgIpc) is 3.19. The van der Waals surface area contributed by atoms with Gasteiger partial charge in [-0.2, -0.15) is 4.52 Å². The Kier molecular flexibility index (Phi) is 3.84. The molecule has 1 atom stereocenters. The van der Waals surface area contributed by atoms with Crippen LogP contribution in [0.5, 0.6) is 0 Å². The van der Waals surface area contributed by atoms with Crippen LogP contribution in [0.15, 0.2) is 35.1 Å². The number of nitrogens with zero attached hydrogens (tertiary/aromatic N) is 4. The molecule has 2 heterocycles. The maximum atomic E-state index is 12.3. The summed E-state index contributed by atoms with van der Waals surface area (Å²) in [7, 11) is 2.06. The van der Waals surface area contributed by atoms with Crippen LogP contribution < -0.4 is 10.5 Å². The molecule has 5 nitrogen and oxygen atoms in total. The fourth-order valence-electron chi connectivity index (χ4n) is 3.44. The van der Waals surface area contributed by atoms with E-state index in [1.165, 1.54) is 27.0 Å². The minimum absolute atomic E-state index is 0.0915. The number of hydrogen-bond donors (Lipinski definition) is 0. The summed E-state index contributed by atoms with van der Waals surface area (Å²) in [6.07, 6.45) is 3.97. The molecule has 0 aliphatic heterocycles. The topological polar surface area (TPSA) is 50.5 Å². The fourth-order valence-corrected chi connectivity index (χ4v) is 4.38. The standard InChI is InChI=1S/C18H20N4OS/c1-3-6-13-11-16(23)22-17(19-13)24-18(20-22)21(2)15-10-9-12-7-4-5-8-14(12)15/h4-5,7-8,11,15H,3,6,9-10H2,1-2H3. The number of hydrogen-bond acceptors (Lipinski definition) is 5. The SMILES string of the molecule is CCCc1cc(=O)n2nc(N(C)C3CCc4ccccc43)sc2n1. The Morgan fingerprint density at radius 3 is 3.04 bits per heavy atom. The summed E-state index contributed by atoms with van der Waals surface area (Å²) in [5.74, 6) is 0. The van der Waals surface area contributed by atoms with Gasteiger partial charge in [0, 0.05) is 18.8 Å². The summed E-state index contributed by atoms with van der Waals surface area (Å²) in [6, 6.07) is 10.5. The van der Waals surface area contributed by atoms with Crippen molar-refractivity contribution in [3.8, 4) is 0 Å². The summed E-state index contributed by atoms with van der Waals surface area (Å²) in [6.45, 7) is 2.09. The molecule has 0 spiro atoms. The molecular formula is C18H20N4OS. The molecule has 24 heavy (non-hydrogen) atoms. The van der Waals surface area contributed by atoms with Crippen LogP contribution in [0.2, 0.25) is 0 Å². The number of benzene rings is 1. The van der Waals surface area contributed by atoms with Gasteiger partial charge in [-0.3, -0.25) is 4.79 Å². The van der Waals surface area contributed by atoms with E-state index < -0.39 is 0 Å². The van der Waals surface area contributed by atoms with Gasteiger partial charge in [0.25, 0.3) is 5.56 Å². The minimum atomic E-state index is -0.0915. The molecule has 6 heteroatoms. The van der Waals surface area contributed by atoms with E-state index >= 15 is 0 Å². The molecule has 1 unspecified atom stereocenters. The normalized spacial score (nSPS) is 16.5. The van der Waals surface area contributed by atoms with Gasteiger partial charge in [0.1, 0.15) is 0 Å². The van der Waals surface area contributed by atoms with Crippen molar-refractivity contribution in [2.75, 3.05) is 11.9 Å². The highest BCUT2D eigenvalue weighted by Gasteiger charge is 2.27. The molecule has 0 bridgehead atoms. The Morgan fingerprint density at radius 1 is 1.38 bits per heavy atom. The molecule has 0 saturated carbocycles. The first kappa shape index (κ1) is 15.3. The van der Waals surface area contributed by atoms with Gasteiger partial charge in [0.2, 0.25) is 10.1 Å². The molecule has 0 N–H and O–H groups in total. The molecule has 1 aliphatic carbocycles. The van der Waals surface area contributed by atoms with E-state index in [4.69, 9.17) is 0 Å². The third-order valence-corrected chi connectivity index (χ3v) is 5.66. The second-order valence-electron chi connectivity index (χ2n) is 6.28. The Labute approximate surface area is 144 Å². The number of rotatable bonds is 4.